The fourth-order valence-corrected chi connectivity index (χ4v) is 4.28. The summed E-state index contributed by atoms with van der Waals surface area (Å²) in [6, 6.07) is 0. The molecule has 216 valence electrons. The van der Waals surface area contributed by atoms with E-state index in [1.807, 2.05) is 4.72 Å². The molecule has 0 radical (unpaired) electrons. The Morgan fingerprint density at radius 1 is 0.917 bits per heavy atom. The number of carbonyl (C=O) groups is 1. The first-order valence-corrected chi connectivity index (χ1v) is 11.6. The van der Waals surface area contributed by atoms with E-state index in [4.69, 9.17) is 5.11 Å². The average Bonchev–Trinajstić information content (AvgIpc) is 2.58. The number of nitrogens with zero attached hydrogens (tertiary/aromatic N) is 1. The normalized spacial score (nSPS) is 15.7. The number of quaternary nitrogens is 1. The number of rotatable bonds is 14. The molecule has 2 N–H and O–H groups in total. The molecule has 0 heterocycles. The molecule has 0 fully saturated rings. The van der Waals surface area contributed by atoms with Crippen molar-refractivity contribution in [3.8, 4) is 0 Å². The van der Waals surface area contributed by atoms with Crippen LogP contribution in [0.5, 0.6) is 0 Å². The fraction of sp³-hybridized carbons (Fsp3) is 0.941. The monoisotopic (exact) mass is 581 g/mol. The van der Waals surface area contributed by atoms with Gasteiger partial charge in [0, 0.05) is 19.4 Å². The van der Waals surface area contributed by atoms with E-state index in [2.05, 4.69) is 0 Å². The van der Waals surface area contributed by atoms with E-state index >= 15 is 0 Å². The number of aliphatic carboxylic acids is 1. The molecule has 0 aliphatic carbocycles. The lowest BCUT2D eigenvalue weighted by Gasteiger charge is -2.34. The van der Waals surface area contributed by atoms with E-state index in [1.165, 1.54) is 14.1 Å². The lowest BCUT2D eigenvalue weighted by Crippen LogP contribution is -2.56. The maximum atomic E-state index is 13.9. The Morgan fingerprint density at radius 3 is 1.78 bits per heavy atom. The van der Waals surface area contributed by atoms with Crippen LogP contribution in [-0.2, 0) is 14.8 Å². The molecule has 0 aromatic rings. The zero-order chi connectivity index (χ0) is 29.0. The summed E-state index contributed by atoms with van der Waals surface area (Å²) in [6.07, 6.45) is -27.5. The Bertz CT molecular complexity index is 824. The van der Waals surface area contributed by atoms with Crippen molar-refractivity contribution in [2.75, 3.05) is 39.5 Å². The molecule has 1 atom stereocenters. The minimum absolute atomic E-state index is 0.00769. The van der Waals surface area contributed by atoms with Gasteiger partial charge < -0.3 is 9.59 Å². The topological polar surface area (TPSA) is 83.5 Å². The highest BCUT2D eigenvalue weighted by Gasteiger charge is 2.75. The third-order valence-electron chi connectivity index (χ3n) is 4.97. The summed E-state index contributed by atoms with van der Waals surface area (Å²) in [5, 5.41) is 8.74. The molecule has 0 bridgehead atoms. The van der Waals surface area contributed by atoms with E-state index in [1.54, 1.807) is 0 Å². The second-order valence-corrected chi connectivity index (χ2v) is 10.8. The molecular formula is C17H25F12N2O4S+. The summed E-state index contributed by atoms with van der Waals surface area (Å²) in [7, 11) is -1.59. The predicted octanol–water partition coefficient (Wildman–Crippen LogP) is 4.27. The van der Waals surface area contributed by atoms with Crippen molar-refractivity contribution in [2.45, 2.75) is 55.8 Å². The molecule has 19 heteroatoms. The number of hydrogen-bond donors (Lipinski definition) is 2. The van der Waals surface area contributed by atoms with Gasteiger partial charge in [-0.15, -0.1) is 0 Å². The van der Waals surface area contributed by atoms with Crippen LogP contribution in [0.25, 0.3) is 0 Å². The summed E-state index contributed by atoms with van der Waals surface area (Å²) in [5.41, 5.74) is -6.50. The lowest BCUT2D eigenvalue weighted by atomic mass is 9.89. The number of nitrogens with one attached hydrogen (secondary N) is 1. The van der Waals surface area contributed by atoms with Gasteiger partial charge in [0.1, 0.15) is 0 Å². The van der Waals surface area contributed by atoms with Crippen LogP contribution >= 0.6 is 0 Å². The molecule has 0 saturated carbocycles. The van der Waals surface area contributed by atoms with E-state index in [0.717, 1.165) is 0 Å². The summed E-state index contributed by atoms with van der Waals surface area (Å²) in [5.74, 6) is -11.5. The summed E-state index contributed by atoms with van der Waals surface area (Å²) in [6.45, 7) is -0.620. The zero-order valence-electron chi connectivity index (χ0n) is 18.8. The van der Waals surface area contributed by atoms with Gasteiger partial charge in [-0.3, -0.25) is 0 Å². The first-order chi connectivity index (χ1) is 15.6. The van der Waals surface area contributed by atoms with Gasteiger partial charge in [0.25, 0.3) is 5.92 Å². The Balaban J connectivity index is 5.31. The van der Waals surface area contributed by atoms with Gasteiger partial charge in [-0.2, -0.15) is 39.5 Å². The third kappa shape index (κ3) is 11.3. The molecule has 36 heavy (non-hydrogen) atoms. The van der Waals surface area contributed by atoms with Crippen LogP contribution in [0, 0.1) is 5.92 Å². The van der Waals surface area contributed by atoms with Gasteiger partial charge in [-0.1, -0.05) is 0 Å². The van der Waals surface area contributed by atoms with Crippen molar-refractivity contribution in [2.24, 2.45) is 5.92 Å². The number of halogens is 12. The number of likely N-dealkylation sites (N-methyl/N-ethyl adjacent to an activating group) is 1. The number of carboxylic acid groups (broad SMARTS) is 1. The van der Waals surface area contributed by atoms with Crippen LogP contribution in [0.15, 0.2) is 0 Å². The van der Waals surface area contributed by atoms with E-state index in [0.29, 0.717) is 0 Å². The second kappa shape index (κ2) is 11.5. The highest BCUT2D eigenvalue weighted by atomic mass is 32.2. The molecule has 0 amide bonds. The molecule has 6 nitrogen and oxygen atoms in total. The number of hydrogen-bond acceptors (Lipinski definition) is 3. The van der Waals surface area contributed by atoms with Gasteiger partial charge in [0.2, 0.25) is 10.0 Å². The van der Waals surface area contributed by atoms with Crippen molar-refractivity contribution in [1.29, 1.82) is 0 Å². The van der Waals surface area contributed by atoms with Crippen LogP contribution in [-0.4, -0.2) is 93.6 Å². The van der Waals surface area contributed by atoms with E-state index < -0.39 is 83.6 Å². The van der Waals surface area contributed by atoms with Crippen molar-refractivity contribution in [1.82, 2.24) is 4.72 Å². The fourth-order valence-electron chi connectivity index (χ4n) is 3.08. The summed E-state index contributed by atoms with van der Waals surface area (Å²) >= 11 is 0. The Morgan fingerprint density at radius 2 is 1.39 bits per heavy atom. The highest BCUT2D eigenvalue weighted by Crippen LogP contribution is 2.53. The highest BCUT2D eigenvalue weighted by molar-refractivity contribution is 7.89. The van der Waals surface area contributed by atoms with Gasteiger partial charge in [0.05, 0.1) is 38.7 Å². The molecule has 0 aromatic carbocycles. The molecule has 0 aliphatic heterocycles. The lowest BCUT2D eigenvalue weighted by molar-refractivity contribution is -0.883. The van der Waals surface area contributed by atoms with Gasteiger partial charge in [-0.05, 0) is 6.42 Å². The standard InChI is InChI=1S/C17H24F12N2O4S/c1-31(2,9-12(32)33)6-3-5-30-36(34,35)7-4-11(15(21,22)23)8-13(18,19)10-14(20,16(24,25)26)17(27,28)29/h11,30H,3-10H2,1-2H3/p+1. The van der Waals surface area contributed by atoms with Crippen molar-refractivity contribution >= 4 is 16.0 Å². The molecule has 0 aliphatic rings. The third-order valence-corrected chi connectivity index (χ3v) is 6.39. The average molecular weight is 581 g/mol. The molecule has 0 rings (SSSR count). The van der Waals surface area contributed by atoms with Crippen LogP contribution in [0.2, 0.25) is 0 Å². The first-order valence-electron chi connectivity index (χ1n) is 9.92. The number of carboxylic acids is 1. The maximum absolute atomic E-state index is 13.9. The molecule has 0 saturated heterocycles. The van der Waals surface area contributed by atoms with Gasteiger partial charge in [-0.25, -0.2) is 31.1 Å². The minimum atomic E-state index is -6.91. The number of alkyl halides is 12. The summed E-state index contributed by atoms with van der Waals surface area (Å²) < 4.78 is 181. The van der Waals surface area contributed by atoms with E-state index in [-0.39, 0.29) is 24.0 Å². The van der Waals surface area contributed by atoms with Crippen LogP contribution in [0.4, 0.5) is 52.7 Å². The molecule has 1 unspecified atom stereocenters. The van der Waals surface area contributed by atoms with Crippen molar-refractivity contribution in [3.63, 3.8) is 0 Å². The van der Waals surface area contributed by atoms with Crippen LogP contribution in [0.3, 0.4) is 0 Å². The quantitative estimate of drug-likeness (QED) is 0.182. The molecule has 0 aromatic heterocycles. The largest absolute Gasteiger partial charge is 0.477 e. The Hall–Kier alpha value is -1.50. The minimum Gasteiger partial charge on any atom is -0.477 e. The van der Waals surface area contributed by atoms with Crippen molar-refractivity contribution < 1.29 is 75.5 Å². The van der Waals surface area contributed by atoms with Crippen molar-refractivity contribution in [3.05, 3.63) is 0 Å². The maximum Gasteiger partial charge on any atom is 0.431 e. The number of sulfonamides is 1. The molecular weight excluding hydrogens is 556 g/mol. The van der Waals surface area contributed by atoms with Gasteiger partial charge >= 0.3 is 30.2 Å². The predicted molar refractivity (Wildman–Crippen MR) is 100 cm³/mol. The Labute approximate surface area is 198 Å². The molecule has 0 spiro atoms. The zero-order valence-corrected chi connectivity index (χ0v) is 19.6. The van der Waals surface area contributed by atoms with E-state index in [9.17, 15) is 65.9 Å². The second-order valence-electron chi connectivity index (χ2n) is 8.84. The van der Waals surface area contributed by atoms with Crippen LogP contribution < -0.4 is 4.72 Å². The Kier molecular flexibility index (Phi) is 11.0. The summed E-state index contributed by atoms with van der Waals surface area (Å²) in [4.78, 5) is 10.7. The smallest absolute Gasteiger partial charge is 0.431 e. The SMILES string of the molecule is C[N+](C)(CCCNS(=O)(=O)CCC(CC(F)(F)CC(F)(C(F)(F)F)C(F)(F)F)C(F)(F)F)CC(=O)O. The van der Waals surface area contributed by atoms with Gasteiger partial charge in [0.15, 0.2) is 6.54 Å². The first kappa shape index (κ1) is 34.5. The van der Waals surface area contributed by atoms with Crippen LogP contribution in [0.1, 0.15) is 25.7 Å².